The van der Waals surface area contributed by atoms with Crippen molar-refractivity contribution in [2.24, 2.45) is 12.8 Å². The summed E-state index contributed by atoms with van der Waals surface area (Å²) in [6, 6.07) is 2.11. The first-order valence-electron chi connectivity index (χ1n) is 5.95. The van der Waals surface area contributed by atoms with Gasteiger partial charge in [0.05, 0.1) is 21.3 Å². The zero-order valence-corrected chi connectivity index (χ0v) is 13.0. The van der Waals surface area contributed by atoms with Crippen molar-refractivity contribution in [1.29, 1.82) is 0 Å². The van der Waals surface area contributed by atoms with Crippen LogP contribution in [0.5, 0.6) is 0 Å². The van der Waals surface area contributed by atoms with Crippen LogP contribution in [0.15, 0.2) is 23.2 Å². The molecule has 0 aliphatic rings. The molecule has 6 nitrogen and oxygen atoms in total. The lowest BCUT2D eigenvalue weighted by Crippen LogP contribution is -2.14. The number of sulfonamides is 1. The molecule has 2 rings (SSSR count). The topological polar surface area (TPSA) is 90.0 Å². The minimum Gasteiger partial charge on any atom is -0.326 e. The summed E-state index contributed by atoms with van der Waals surface area (Å²) in [4.78, 5) is -0.242. The van der Waals surface area contributed by atoms with Crippen molar-refractivity contribution < 1.29 is 12.8 Å². The molecule has 3 N–H and O–H groups in total. The number of anilines is 1. The summed E-state index contributed by atoms with van der Waals surface area (Å²) >= 11 is 5.72. The van der Waals surface area contributed by atoms with Crippen LogP contribution >= 0.6 is 11.6 Å². The Morgan fingerprint density at radius 1 is 1.48 bits per heavy atom. The third-order valence-electron chi connectivity index (χ3n) is 2.87. The van der Waals surface area contributed by atoms with Gasteiger partial charge in [-0.3, -0.25) is 9.40 Å². The van der Waals surface area contributed by atoms with E-state index in [0.717, 1.165) is 6.07 Å². The molecule has 0 atom stereocenters. The lowest BCUT2D eigenvalue weighted by atomic mass is 10.2. The van der Waals surface area contributed by atoms with Gasteiger partial charge in [0.2, 0.25) is 0 Å². The lowest BCUT2D eigenvalue weighted by molar-refractivity contribution is 0.594. The van der Waals surface area contributed by atoms with Crippen LogP contribution in [0.4, 0.5) is 10.1 Å². The minimum absolute atomic E-state index is 0.0645. The molecule has 0 amide bonds. The smallest absolute Gasteiger partial charge is 0.262 e. The Morgan fingerprint density at radius 2 is 2.14 bits per heavy atom. The van der Waals surface area contributed by atoms with Crippen LogP contribution in [0.2, 0.25) is 5.02 Å². The standard InChI is InChI=1S/C12H14ClFN4O2S/c1-7-11(6-18(2)16-7)17-21(19,20)9-3-8(5-15)12(13)10(14)4-9/h3-4,6,17H,5,15H2,1-2H3. The summed E-state index contributed by atoms with van der Waals surface area (Å²) in [6.07, 6.45) is 1.52. The van der Waals surface area contributed by atoms with E-state index in [0.29, 0.717) is 11.4 Å². The normalized spacial score (nSPS) is 11.7. The summed E-state index contributed by atoms with van der Waals surface area (Å²) in [6.45, 7) is 1.59. The van der Waals surface area contributed by atoms with Gasteiger partial charge in [0.25, 0.3) is 10.0 Å². The molecule has 0 saturated heterocycles. The summed E-state index contributed by atoms with van der Waals surface area (Å²) in [5.74, 6) is -0.831. The van der Waals surface area contributed by atoms with Crippen LogP contribution < -0.4 is 10.5 Å². The molecule has 9 heteroatoms. The monoisotopic (exact) mass is 332 g/mol. The van der Waals surface area contributed by atoms with Crippen LogP contribution in [0.3, 0.4) is 0 Å². The van der Waals surface area contributed by atoms with Crippen LogP contribution in [0, 0.1) is 12.7 Å². The number of halogens is 2. The van der Waals surface area contributed by atoms with Crippen molar-refractivity contribution in [2.45, 2.75) is 18.4 Å². The Bertz CT molecular complexity index is 789. The second-order valence-corrected chi connectivity index (χ2v) is 6.55. The highest BCUT2D eigenvalue weighted by atomic mass is 35.5. The van der Waals surface area contributed by atoms with Gasteiger partial charge in [0.15, 0.2) is 0 Å². The molecule has 0 spiro atoms. The lowest BCUT2D eigenvalue weighted by Gasteiger charge is -2.10. The van der Waals surface area contributed by atoms with Crippen molar-refractivity contribution in [3.8, 4) is 0 Å². The highest BCUT2D eigenvalue weighted by Gasteiger charge is 2.20. The van der Waals surface area contributed by atoms with E-state index in [9.17, 15) is 12.8 Å². The van der Waals surface area contributed by atoms with E-state index >= 15 is 0 Å². The van der Waals surface area contributed by atoms with Crippen molar-refractivity contribution >= 4 is 27.3 Å². The van der Waals surface area contributed by atoms with Crippen molar-refractivity contribution in [3.63, 3.8) is 0 Å². The Hall–Kier alpha value is -1.64. The third kappa shape index (κ3) is 3.17. The molecule has 0 unspecified atom stereocenters. The number of benzene rings is 1. The Balaban J connectivity index is 2.45. The number of nitrogens with two attached hydrogens (primary N) is 1. The summed E-state index contributed by atoms with van der Waals surface area (Å²) < 4.78 is 42.1. The molecular weight excluding hydrogens is 319 g/mol. The fraction of sp³-hybridized carbons (Fsp3) is 0.250. The molecule has 21 heavy (non-hydrogen) atoms. The molecule has 0 aliphatic carbocycles. The number of aromatic nitrogens is 2. The molecular formula is C12H14ClFN4O2S. The fourth-order valence-electron chi connectivity index (χ4n) is 1.83. The molecule has 0 bridgehead atoms. The van der Waals surface area contributed by atoms with Gasteiger partial charge in [-0.2, -0.15) is 5.10 Å². The molecule has 0 saturated carbocycles. The van der Waals surface area contributed by atoms with E-state index in [1.54, 1.807) is 14.0 Å². The van der Waals surface area contributed by atoms with Gasteiger partial charge in [0.1, 0.15) is 5.82 Å². The van der Waals surface area contributed by atoms with Crippen molar-refractivity contribution in [3.05, 3.63) is 40.4 Å². The SMILES string of the molecule is Cc1nn(C)cc1NS(=O)(=O)c1cc(F)c(Cl)c(CN)c1. The van der Waals surface area contributed by atoms with Crippen LogP contribution in [-0.4, -0.2) is 18.2 Å². The largest absolute Gasteiger partial charge is 0.326 e. The number of hydrogen-bond acceptors (Lipinski definition) is 4. The van der Waals surface area contributed by atoms with Crippen LogP contribution in [0.1, 0.15) is 11.3 Å². The quantitative estimate of drug-likeness (QED) is 0.893. The zero-order valence-electron chi connectivity index (χ0n) is 11.4. The van der Waals surface area contributed by atoms with Crippen LogP contribution in [0.25, 0.3) is 0 Å². The molecule has 2 aromatic rings. The van der Waals surface area contributed by atoms with Gasteiger partial charge in [-0.05, 0) is 24.6 Å². The minimum atomic E-state index is -3.95. The fourth-order valence-corrected chi connectivity index (χ4v) is 3.18. The van der Waals surface area contributed by atoms with E-state index in [1.807, 2.05) is 0 Å². The number of hydrogen-bond donors (Lipinski definition) is 2. The summed E-state index contributed by atoms with van der Waals surface area (Å²) in [7, 11) is -2.29. The van der Waals surface area contributed by atoms with E-state index in [1.165, 1.54) is 16.9 Å². The third-order valence-corrected chi connectivity index (χ3v) is 4.63. The second-order valence-electron chi connectivity index (χ2n) is 4.49. The maximum Gasteiger partial charge on any atom is 0.262 e. The average molecular weight is 333 g/mol. The molecule has 0 aliphatic heterocycles. The average Bonchev–Trinajstić information content (AvgIpc) is 2.70. The maximum absolute atomic E-state index is 13.7. The van der Waals surface area contributed by atoms with Gasteiger partial charge in [-0.15, -0.1) is 0 Å². The van der Waals surface area contributed by atoms with Gasteiger partial charge < -0.3 is 5.73 Å². The van der Waals surface area contributed by atoms with E-state index < -0.39 is 15.8 Å². The van der Waals surface area contributed by atoms with E-state index in [4.69, 9.17) is 17.3 Å². The molecule has 0 fully saturated rings. The highest BCUT2D eigenvalue weighted by molar-refractivity contribution is 7.92. The van der Waals surface area contributed by atoms with E-state index in [-0.39, 0.29) is 22.0 Å². The second kappa shape index (κ2) is 5.63. The number of nitrogens with zero attached hydrogens (tertiary/aromatic N) is 2. The summed E-state index contributed by atoms with van der Waals surface area (Å²) in [5, 5.41) is 3.86. The molecule has 1 aromatic carbocycles. The predicted molar refractivity (Wildman–Crippen MR) is 78.1 cm³/mol. The predicted octanol–water partition coefficient (Wildman–Crippen LogP) is 1.78. The van der Waals surface area contributed by atoms with E-state index in [2.05, 4.69) is 9.82 Å². The first kappa shape index (κ1) is 15.7. The van der Waals surface area contributed by atoms with Gasteiger partial charge in [-0.1, -0.05) is 11.6 Å². The maximum atomic E-state index is 13.7. The summed E-state index contributed by atoms with van der Waals surface area (Å²) in [5.41, 5.74) is 6.48. The van der Waals surface area contributed by atoms with Crippen molar-refractivity contribution in [2.75, 3.05) is 4.72 Å². The van der Waals surface area contributed by atoms with Crippen molar-refractivity contribution in [1.82, 2.24) is 9.78 Å². The molecule has 1 heterocycles. The van der Waals surface area contributed by atoms with Gasteiger partial charge >= 0.3 is 0 Å². The Labute approximate surface area is 126 Å². The molecule has 114 valence electrons. The Morgan fingerprint density at radius 3 is 2.67 bits per heavy atom. The molecule has 0 radical (unpaired) electrons. The Kier molecular flexibility index (Phi) is 4.22. The number of rotatable bonds is 4. The van der Waals surface area contributed by atoms with Crippen LogP contribution in [-0.2, 0) is 23.6 Å². The van der Waals surface area contributed by atoms with Gasteiger partial charge in [0, 0.05) is 19.8 Å². The number of aryl methyl sites for hydroxylation is 2. The first-order chi connectivity index (χ1) is 9.74. The van der Waals surface area contributed by atoms with Gasteiger partial charge in [-0.25, -0.2) is 12.8 Å². The number of nitrogens with one attached hydrogen (secondary N) is 1. The highest BCUT2D eigenvalue weighted by Crippen LogP contribution is 2.26. The zero-order chi connectivity index (χ0) is 15.8. The first-order valence-corrected chi connectivity index (χ1v) is 7.81. The molecule has 1 aromatic heterocycles.